The van der Waals surface area contributed by atoms with Crippen LogP contribution in [-0.4, -0.2) is 99.9 Å². The van der Waals surface area contributed by atoms with E-state index < -0.39 is 57.2 Å². The van der Waals surface area contributed by atoms with E-state index in [4.69, 9.17) is 25.6 Å². The Bertz CT molecular complexity index is 1810. The number of β-lactam (4-membered cyclic amide) rings is 1. The summed E-state index contributed by atoms with van der Waals surface area (Å²) in [6, 6.07) is 4.50. The second-order valence-electron chi connectivity index (χ2n) is 12.9. The lowest BCUT2D eigenvalue weighted by atomic mass is 9.84. The highest BCUT2D eigenvalue weighted by molar-refractivity contribution is 7.80. The molecule has 5 rings (SSSR count). The Balaban J connectivity index is 1.30. The van der Waals surface area contributed by atoms with E-state index in [1.165, 1.54) is 39.0 Å². The third kappa shape index (κ3) is 7.99. The van der Waals surface area contributed by atoms with Crippen LogP contribution in [0, 0.1) is 0 Å². The first-order valence-electron chi connectivity index (χ1n) is 15.9. The van der Waals surface area contributed by atoms with E-state index in [1.54, 1.807) is 12.1 Å². The lowest BCUT2D eigenvalue weighted by Crippen LogP contribution is -2.76. The van der Waals surface area contributed by atoms with Crippen LogP contribution in [0.4, 0.5) is 5.13 Å². The maximum Gasteiger partial charge on any atom is 0.418 e. The molecule has 2 amide bonds. The van der Waals surface area contributed by atoms with Crippen LogP contribution in [0.2, 0.25) is 0 Å². The highest BCUT2D eigenvalue weighted by Gasteiger charge is 2.58. The van der Waals surface area contributed by atoms with Crippen molar-refractivity contribution in [1.29, 1.82) is 0 Å². The number of carboxylic acid groups (broad SMARTS) is 1. The number of aliphatic carboxylic acids is 1. The molecule has 0 spiro atoms. The molecule has 2 saturated heterocycles. The van der Waals surface area contributed by atoms with Crippen LogP contribution in [0.3, 0.4) is 0 Å². The van der Waals surface area contributed by atoms with E-state index in [2.05, 4.69) is 30.0 Å². The number of nitrogen functional groups attached to an aromatic ring is 1. The Labute approximate surface area is 292 Å². The minimum Gasteiger partial charge on any atom is -0.485 e. The number of oxime groups is 1. The molecule has 4 unspecified atom stereocenters. The summed E-state index contributed by atoms with van der Waals surface area (Å²) in [5, 5.41) is 21.9. The van der Waals surface area contributed by atoms with Gasteiger partial charge in [0, 0.05) is 23.5 Å². The zero-order valence-corrected chi connectivity index (χ0v) is 29.3. The van der Waals surface area contributed by atoms with Crippen molar-refractivity contribution in [2.75, 3.05) is 18.8 Å². The molecule has 1 aromatic carbocycles. The molecule has 4 heterocycles. The number of hydrogen-bond donors (Lipinski definition) is 6. The summed E-state index contributed by atoms with van der Waals surface area (Å²) in [5.41, 5.74) is 9.43. The summed E-state index contributed by atoms with van der Waals surface area (Å²) in [7, 11) is -5.03. The van der Waals surface area contributed by atoms with Crippen molar-refractivity contribution in [2.24, 2.45) is 15.9 Å². The molecule has 50 heavy (non-hydrogen) atoms. The maximum absolute atomic E-state index is 13.5. The molecule has 20 heteroatoms. The van der Waals surface area contributed by atoms with Gasteiger partial charge in [0.05, 0.1) is 5.54 Å². The first kappa shape index (κ1) is 36.9. The van der Waals surface area contributed by atoms with Gasteiger partial charge in [0.15, 0.2) is 16.9 Å². The number of hydrogen-bond acceptors (Lipinski definition) is 14. The van der Waals surface area contributed by atoms with Crippen molar-refractivity contribution in [2.45, 2.75) is 88.6 Å². The molecule has 3 aliphatic rings. The number of ether oxygens (including phenoxy) is 1. The second-order valence-corrected chi connectivity index (χ2v) is 14.8. The summed E-state index contributed by atoms with van der Waals surface area (Å²) in [5.74, 6) is -2.60. The van der Waals surface area contributed by atoms with Gasteiger partial charge < -0.3 is 36.8 Å². The molecule has 1 aromatic heterocycles. The number of nitrogens with two attached hydrogens (primary N) is 2. The molecular formula is C30H40N8O10S2. The molecule has 8 N–H and O–H groups in total. The second kappa shape index (κ2) is 14.5. The van der Waals surface area contributed by atoms with Gasteiger partial charge in [-0.25, -0.2) is 9.78 Å². The number of aromatic nitrogens is 1. The molecule has 4 atom stereocenters. The van der Waals surface area contributed by atoms with E-state index in [-0.39, 0.29) is 17.2 Å². The number of hydroxylamine groups is 2. The summed E-state index contributed by atoms with van der Waals surface area (Å²) < 4.78 is 41.8. The number of nitrogens with zero attached hydrogens (tertiary/aromatic N) is 4. The Morgan fingerprint density at radius 3 is 2.70 bits per heavy atom. The van der Waals surface area contributed by atoms with Crippen LogP contribution >= 0.6 is 11.3 Å². The Morgan fingerprint density at radius 2 is 2.08 bits per heavy atom. The zero-order chi connectivity index (χ0) is 36.4. The summed E-state index contributed by atoms with van der Waals surface area (Å²) in [4.78, 5) is 52.9. The highest BCUT2D eigenvalue weighted by atomic mass is 32.3. The van der Waals surface area contributed by atoms with Crippen molar-refractivity contribution in [3.63, 3.8) is 0 Å². The summed E-state index contributed by atoms with van der Waals surface area (Å²) in [6.07, 6.45) is 3.91. The number of amidine groups is 1. The third-order valence-electron chi connectivity index (χ3n) is 8.92. The molecule has 2 aromatic rings. The van der Waals surface area contributed by atoms with Gasteiger partial charge in [0.1, 0.15) is 23.3 Å². The number of benzene rings is 1. The predicted molar refractivity (Wildman–Crippen MR) is 181 cm³/mol. The molecule has 0 bridgehead atoms. The van der Waals surface area contributed by atoms with Crippen molar-refractivity contribution in [3.05, 3.63) is 40.4 Å². The van der Waals surface area contributed by atoms with Crippen molar-refractivity contribution >= 4 is 56.2 Å². The van der Waals surface area contributed by atoms with Crippen LogP contribution in [0.15, 0.2) is 33.7 Å². The number of thiazole rings is 1. The van der Waals surface area contributed by atoms with E-state index >= 15 is 0 Å². The van der Waals surface area contributed by atoms with Crippen molar-refractivity contribution < 1.29 is 46.3 Å². The number of aryl methyl sites for hydroxylation is 1. The fourth-order valence-corrected chi connectivity index (χ4v) is 6.97. The predicted octanol–water partition coefficient (Wildman–Crippen LogP) is 0.761. The molecule has 18 nitrogen and oxygen atoms in total. The Kier molecular flexibility index (Phi) is 10.7. The number of aliphatic imine (C=N–C) groups is 1. The summed E-state index contributed by atoms with van der Waals surface area (Å²) in [6.45, 7) is 5.67. The molecule has 272 valence electrons. The molecule has 3 aliphatic heterocycles. The van der Waals surface area contributed by atoms with E-state index in [0.717, 1.165) is 41.9 Å². The number of fused-ring (bicyclic) bond motifs is 1. The lowest BCUT2D eigenvalue weighted by Gasteiger charge is -2.50. The van der Waals surface area contributed by atoms with Crippen LogP contribution in [0.1, 0.15) is 69.7 Å². The van der Waals surface area contributed by atoms with Gasteiger partial charge in [-0.1, -0.05) is 5.16 Å². The van der Waals surface area contributed by atoms with Gasteiger partial charge in [-0.3, -0.25) is 19.1 Å². The summed E-state index contributed by atoms with van der Waals surface area (Å²) >= 11 is 0.969. The maximum atomic E-state index is 13.5. The van der Waals surface area contributed by atoms with Crippen LogP contribution < -0.4 is 26.8 Å². The highest BCUT2D eigenvalue weighted by Crippen LogP contribution is 2.35. The number of carbonyl (C=O) groups excluding carboxylic acids is 2. The molecule has 2 fully saturated rings. The topological polar surface area (TPSA) is 270 Å². The minimum atomic E-state index is -5.03. The number of carboxylic acids is 1. The minimum absolute atomic E-state index is 0.0629. The van der Waals surface area contributed by atoms with Gasteiger partial charge in [-0.15, -0.1) is 15.6 Å². The van der Waals surface area contributed by atoms with Gasteiger partial charge in [0.2, 0.25) is 0 Å². The zero-order valence-electron chi connectivity index (χ0n) is 27.6. The van der Waals surface area contributed by atoms with E-state index in [0.29, 0.717) is 35.7 Å². The van der Waals surface area contributed by atoms with Gasteiger partial charge in [-0.2, -0.15) is 13.5 Å². The Hall–Kier alpha value is -4.37. The average molecular weight is 737 g/mol. The number of anilines is 1. The lowest BCUT2D eigenvalue weighted by molar-refractivity contribution is -0.218. The Morgan fingerprint density at radius 1 is 1.32 bits per heavy atom. The number of rotatable bonds is 14. The van der Waals surface area contributed by atoms with Gasteiger partial charge in [-0.05, 0) is 89.6 Å². The molecule has 0 aliphatic carbocycles. The van der Waals surface area contributed by atoms with Crippen LogP contribution in [0.25, 0.3) is 0 Å². The number of amides is 2. The van der Waals surface area contributed by atoms with Gasteiger partial charge >= 0.3 is 16.4 Å². The van der Waals surface area contributed by atoms with Crippen LogP contribution in [-0.2, 0) is 40.3 Å². The fourth-order valence-electron chi connectivity index (χ4n) is 5.96. The quantitative estimate of drug-likeness (QED) is 0.0391. The van der Waals surface area contributed by atoms with Crippen molar-refractivity contribution in [3.8, 4) is 5.75 Å². The number of carbonyl (C=O) groups is 3. The van der Waals surface area contributed by atoms with Crippen LogP contribution in [0.5, 0.6) is 5.75 Å². The molecule has 0 radical (unpaired) electrons. The van der Waals surface area contributed by atoms with E-state index in [9.17, 15) is 27.9 Å². The smallest absolute Gasteiger partial charge is 0.418 e. The fraction of sp³-hybridized carbons (Fsp3) is 0.533. The molecular weight excluding hydrogens is 697 g/mol. The van der Waals surface area contributed by atoms with E-state index in [1.807, 2.05) is 6.07 Å². The third-order valence-corrected chi connectivity index (χ3v) is 9.93. The first-order chi connectivity index (χ1) is 23.5. The van der Waals surface area contributed by atoms with Crippen molar-refractivity contribution in [1.82, 2.24) is 20.7 Å². The normalized spacial score (nSPS) is 23.3. The van der Waals surface area contributed by atoms with Gasteiger partial charge in [0.25, 0.3) is 17.4 Å². The SMILES string of the molecule is CC(O/N=C(\C(=O)NC1C(=O)N(OS(=O)(=O)O)C1(C)C)c1csc(N)n1)(C(=O)O)C1CCc2cc(C(N)=NCCCC3CCCN3)ccc2O1. The average Bonchev–Trinajstić information content (AvgIpc) is 3.75. The standard InChI is InChI=1S/C30H40N8O10S2/c1-29(2)23(26(40)38(29)48-50(43,44)45)36-25(39)22(19-15-49-28(32)35-19)37-47-30(3,27(41)42)21-11-9-16-14-17(8-10-20(16)46-21)24(31)34-13-5-7-18-6-4-12-33-18/h8,10,14-15,18,21,23,33H,4-7,9,11-13H2,1-3H3,(H2,31,34)(H2,32,35)(H,36,39)(H,41,42)(H,43,44,45)/b37-22-. The largest absolute Gasteiger partial charge is 0.485 e. The monoisotopic (exact) mass is 736 g/mol. The number of nitrogens with one attached hydrogen (secondary N) is 2. The molecule has 0 saturated carbocycles. The first-order valence-corrected chi connectivity index (χ1v) is 18.1.